The molecule has 4 rings (SSSR count). The molecular weight excluding hydrogens is 433 g/mol. The Morgan fingerprint density at radius 3 is 2.43 bits per heavy atom. The van der Waals surface area contributed by atoms with Crippen molar-refractivity contribution in [2.24, 2.45) is 7.05 Å². The highest BCUT2D eigenvalue weighted by Gasteiger charge is 2.35. The lowest BCUT2D eigenvalue weighted by Gasteiger charge is -2.09. The third kappa shape index (κ3) is 3.43. The molecule has 0 radical (unpaired) electrons. The third-order valence-corrected chi connectivity index (χ3v) is 4.53. The Morgan fingerprint density at radius 2 is 1.83 bits per heavy atom. The Balaban J connectivity index is 1.76. The van der Waals surface area contributed by atoms with Crippen molar-refractivity contribution < 1.29 is 22.0 Å². The zero-order chi connectivity index (χ0) is 21.8. The van der Waals surface area contributed by atoms with Crippen LogP contribution in [0, 0.1) is 17.0 Å². The van der Waals surface area contributed by atoms with Crippen LogP contribution in [0.5, 0.6) is 0 Å². The highest BCUT2D eigenvalue weighted by Crippen LogP contribution is 2.32. The van der Waals surface area contributed by atoms with Gasteiger partial charge >= 0.3 is 6.18 Å². The first-order chi connectivity index (χ1) is 14.0. The van der Waals surface area contributed by atoms with Gasteiger partial charge in [-0.05, 0) is 29.3 Å². The van der Waals surface area contributed by atoms with Crippen molar-refractivity contribution in [3.63, 3.8) is 0 Å². The Hall–Kier alpha value is -3.28. The summed E-state index contributed by atoms with van der Waals surface area (Å²) in [6, 6.07) is 1.93. The van der Waals surface area contributed by atoms with E-state index in [4.69, 9.17) is 17.0 Å². The van der Waals surface area contributed by atoms with E-state index < -0.39 is 34.9 Å². The number of rotatable bonds is 3. The molecule has 2 N–H and O–H groups in total. The number of aromatic nitrogens is 6. The second-order valence-corrected chi connectivity index (χ2v) is 6.77. The van der Waals surface area contributed by atoms with Gasteiger partial charge in [-0.15, -0.1) is 0 Å². The molecule has 0 aliphatic rings. The SMILES string of the molecule is Cn1cc(C(F)(F)F)nc1-c1c(F)cc(Cn2c(=N)[nH]c3cnc(Cl)nc32)cc1F. The summed E-state index contributed by atoms with van der Waals surface area (Å²) in [5, 5.41) is 7.91. The number of benzene rings is 1. The number of aryl methyl sites for hydroxylation is 1. The highest BCUT2D eigenvalue weighted by atomic mass is 35.5. The molecular formula is C17H11ClF5N7. The van der Waals surface area contributed by atoms with Gasteiger partial charge in [0, 0.05) is 13.2 Å². The first-order valence-corrected chi connectivity index (χ1v) is 8.67. The number of aromatic amines is 1. The van der Waals surface area contributed by atoms with Crippen LogP contribution >= 0.6 is 11.6 Å². The minimum atomic E-state index is -4.75. The predicted octanol–water partition coefficient (Wildman–Crippen LogP) is 3.64. The molecule has 0 aliphatic carbocycles. The fourth-order valence-corrected chi connectivity index (χ4v) is 3.18. The summed E-state index contributed by atoms with van der Waals surface area (Å²) in [6.07, 6.45) is -2.73. The second-order valence-electron chi connectivity index (χ2n) is 6.43. The maximum absolute atomic E-state index is 14.7. The molecule has 0 saturated heterocycles. The van der Waals surface area contributed by atoms with Gasteiger partial charge < -0.3 is 9.55 Å². The number of H-pyrrole nitrogens is 1. The zero-order valence-corrected chi connectivity index (χ0v) is 15.8. The average molecular weight is 444 g/mol. The fraction of sp³-hybridized carbons (Fsp3) is 0.176. The lowest BCUT2D eigenvalue weighted by molar-refractivity contribution is -0.140. The Morgan fingerprint density at radius 1 is 1.17 bits per heavy atom. The quantitative estimate of drug-likeness (QED) is 0.374. The Bertz CT molecular complexity index is 1310. The fourth-order valence-electron chi connectivity index (χ4n) is 3.05. The number of imidazole rings is 2. The monoisotopic (exact) mass is 443 g/mol. The summed E-state index contributed by atoms with van der Waals surface area (Å²) in [4.78, 5) is 13.8. The van der Waals surface area contributed by atoms with E-state index in [1.165, 1.54) is 17.8 Å². The highest BCUT2D eigenvalue weighted by molar-refractivity contribution is 6.28. The number of nitrogens with one attached hydrogen (secondary N) is 2. The van der Waals surface area contributed by atoms with Crippen LogP contribution in [-0.4, -0.2) is 29.1 Å². The normalized spacial score (nSPS) is 12.1. The number of halogens is 6. The number of nitrogens with zero attached hydrogens (tertiary/aromatic N) is 5. The smallest absolute Gasteiger partial charge is 0.333 e. The molecule has 3 aromatic heterocycles. The molecule has 0 aliphatic heterocycles. The lowest BCUT2D eigenvalue weighted by Crippen LogP contribution is -2.18. The minimum absolute atomic E-state index is 0.0711. The average Bonchev–Trinajstić information content (AvgIpc) is 3.15. The lowest BCUT2D eigenvalue weighted by atomic mass is 10.1. The minimum Gasteiger partial charge on any atom is -0.333 e. The molecule has 3 heterocycles. The third-order valence-electron chi connectivity index (χ3n) is 4.35. The summed E-state index contributed by atoms with van der Waals surface area (Å²) >= 11 is 5.77. The van der Waals surface area contributed by atoms with Gasteiger partial charge in [0.1, 0.15) is 23.0 Å². The molecule has 0 unspecified atom stereocenters. The van der Waals surface area contributed by atoms with E-state index in [-0.39, 0.29) is 28.7 Å². The second kappa shape index (κ2) is 6.90. The zero-order valence-electron chi connectivity index (χ0n) is 15.0. The Labute approximate surface area is 169 Å². The van der Waals surface area contributed by atoms with Crippen molar-refractivity contribution in [2.75, 3.05) is 0 Å². The number of fused-ring (bicyclic) bond motifs is 1. The maximum atomic E-state index is 14.7. The molecule has 0 spiro atoms. The molecule has 7 nitrogen and oxygen atoms in total. The number of alkyl halides is 3. The summed E-state index contributed by atoms with van der Waals surface area (Å²) in [6.45, 7) is -0.144. The van der Waals surface area contributed by atoms with E-state index in [2.05, 4.69) is 19.9 Å². The van der Waals surface area contributed by atoms with Gasteiger partial charge in [0.25, 0.3) is 0 Å². The molecule has 4 aromatic rings. The van der Waals surface area contributed by atoms with Crippen molar-refractivity contribution in [1.29, 1.82) is 5.41 Å². The largest absolute Gasteiger partial charge is 0.434 e. The standard InChI is InChI=1S/C17H11ClF5N7/c1-29-6-11(17(21,22)23)27-14(29)12-8(19)2-7(3-9(12)20)5-30-13-10(26-16(30)24)4-25-15(18)28-13/h2-4,6H,5H2,1H3,(H2,24,26). The van der Waals surface area contributed by atoms with Gasteiger partial charge in [0.15, 0.2) is 11.3 Å². The van der Waals surface area contributed by atoms with Crippen LogP contribution in [0.4, 0.5) is 22.0 Å². The molecule has 156 valence electrons. The summed E-state index contributed by atoms with van der Waals surface area (Å²) < 4.78 is 70.2. The van der Waals surface area contributed by atoms with Crippen molar-refractivity contribution in [2.45, 2.75) is 12.7 Å². The summed E-state index contributed by atoms with van der Waals surface area (Å²) in [5.74, 6) is -2.68. The van der Waals surface area contributed by atoms with Crippen LogP contribution in [0.15, 0.2) is 24.5 Å². The van der Waals surface area contributed by atoms with Gasteiger partial charge in [0.2, 0.25) is 10.9 Å². The number of hydrogen-bond acceptors (Lipinski definition) is 4. The van der Waals surface area contributed by atoms with Crippen LogP contribution in [0.2, 0.25) is 5.28 Å². The van der Waals surface area contributed by atoms with Gasteiger partial charge in [-0.3, -0.25) is 9.98 Å². The first kappa shape index (κ1) is 20.0. The van der Waals surface area contributed by atoms with Crippen LogP contribution in [0.25, 0.3) is 22.6 Å². The van der Waals surface area contributed by atoms with Gasteiger partial charge in [-0.1, -0.05) is 0 Å². The van der Waals surface area contributed by atoms with Crippen LogP contribution in [0.3, 0.4) is 0 Å². The van der Waals surface area contributed by atoms with E-state index >= 15 is 0 Å². The number of hydrogen-bond donors (Lipinski definition) is 2. The predicted molar refractivity (Wildman–Crippen MR) is 95.4 cm³/mol. The van der Waals surface area contributed by atoms with Gasteiger partial charge in [-0.25, -0.2) is 18.7 Å². The molecule has 30 heavy (non-hydrogen) atoms. The van der Waals surface area contributed by atoms with Crippen LogP contribution in [0.1, 0.15) is 11.3 Å². The van der Waals surface area contributed by atoms with Crippen LogP contribution < -0.4 is 5.62 Å². The van der Waals surface area contributed by atoms with Crippen molar-refractivity contribution in [1.82, 2.24) is 29.1 Å². The molecule has 0 bridgehead atoms. The van der Waals surface area contributed by atoms with E-state index in [0.717, 1.165) is 16.7 Å². The van der Waals surface area contributed by atoms with Crippen molar-refractivity contribution in [3.05, 3.63) is 58.3 Å². The van der Waals surface area contributed by atoms with E-state index in [1.54, 1.807) is 0 Å². The van der Waals surface area contributed by atoms with Gasteiger partial charge in [-0.2, -0.15) is 18.2 Å². The summed E-state index contributed by atoms with van der Waals surface area (Å²) in [5.41, 5.74) is -1.28. The summed E-state index contributed by atoms with van der Waals surface area (Å²) in [7, 11) is 1.21. The van der Waals surface area contributed by atoms with Crippen molar-refractivity contribution in [3.8, 4) is 11.4 Å². The topological polar surface area (TPSA) is 88.2 Å². The molecule has 0 fully saturated rings. The maximum Gasteiger partial charge on any atom is 0.434 e. The molecule has 1 aromatic carbocycles. The van der Waals surface area contributed by atoms with E-state index in [0.29, 0.717) is 11.7 Å². The van der Waals surface area contributed by atoms with E-state index in [1.807, 2.05) is 0 Å². The molecule has 13 heteroatoms. The molecule has 0 atom stereocenters. The Kier molecular flexibility index (Phi) is 4.60. The molecule has 0 amide bonds. The van der Waals surface area contributed by atoms with E-state index in [9.17, 15) is 22.0 Å². The van der Waals surface area contributed by atoms with Crippen molar-refractivity contribution >= 4 is 22.8 Å². The van der Waals surface area contributed by atoms with Crippen LogP contribution in [-0.2, 0) is 19.8 Å². The molecule has 0 saturated carbocycles. The first-order valence-electron chi connectivity index (χ1n) is 8.29. The van der Waals surface area contributed by atoms with Gasteiger partial charge in [0.05, 0.1) is 18.3 Å².